The van der Waals surface area contributed by atoms with Gasteiger partial charge in [0.05, 0.1) is 0 Å². The van der Waals surface area contributed by atoms with Gasteiger partial charge in [-0.05, 0) is 0 Å². The molecule has 0 saturated carbocycles. The molecule has 1 saturated heterocycles. The maximum atomic E-state index is 9.57. The van der Waals surface area contributed by atoms with Crippen molar-refractivity contribution in [2.45, 2.75) is 37.8 Å². The average Bonchev–Trinajstić information content (AvgIpc) is 1.95. The molecular formula is C6H14N2OSe. The summed E-state index contributed by atoms with van der Waals surface area (Å²) in [6.45, 7) is 8.02. The fourth-order valence-corrected chi connectivity index (χ4v) is 2.90. The van der Waals surface area contributed by atoms with Gasteiger partial charge in [0, 0.05) is 0 Å². The van der Waals surface area contributed by atoms with E-state index in [1.165, 1.54) is 5.06 Å². The van der Waals surface area contributed by atoms with E-state index in [4.69, 9.17) is 0 Å². The van der Waals surface area contributed by atoms with Gasteiger partial charge in [-0.25, -0.2) is 0 Å². The van der Waals surface area contributed by atoms with Crippen LogP contribution in [0.4, 0.5) is 0 Å². The van der Waals surface area contributed by atoms with Crippen LogP contribution in [-0.2, 0) is 0 Å². The normalized spacial score (nSPS) is 30.9. The van der Waals surface area contributed by atoms with Crippen molar-refractivity contribution in [3.8, 4) is 0 Å². The number of hydrogen-bond acceptors (Lipinski definition) is 3. The summed E-state index contributed by atoms with van der Waals surface area (Å²) in [6.07, 6.45) is 0. The van der Waals surface area contributed by atoms with Crippen LogP contribution >= 0.6 is 0 Å². The van der Waals surface area contributed by atoms with E-state index in [0.717, 1.165) is 0 Å². The van der Waals surface area contributed by atoms with Crippen molar-refractivity contribution in [2.75, 3.05) is 0 Å². The zero-order chi connectivity index (χ0) is 7.99. The first kappa shape index (κ1) is 8.50. The molecule has 60 valence electrons. The SMILES string of the molecule is CC1(C)N[Se]C(C)(C)N1O. The van der Waals surface area contributed by atoms with Gasteiger partial charge in [0.2, 0.25) is 0 Å². The fraction of sp³-hybridized carbons (Fsp3) is 1.00. The van der Waals surface area contributed by atoms with Crippen LogP contribution in [0.1, 0.15) is 27.7 Å². The molecule has 0 spiro atoms. The molecule has 0 bridgehead atoms. The van der Waals surface area contributed by atoms with Crippen LogP contribution in [0.5, 0.6) is 0 Å². The first-order chi connectivity index (χ1) is 4.36. The summed E-state index contributed by atoms with van der Waals surface area (Å²) in [5, 5.41) is 11.0. The van der Waals surface area contributed by atoms with Crippen molar-refractivity contribution in [1.82, 2.24) is 9.40 Å². The molecule has 0 atom stereocenters. The van der Waals surface area contributed by atoms with E-state index >= 15 is 0 Å². The number of nitrogens with zero attached hydrogens (tertiary/aromatic N) is 1. The van der Waals surface area contributed by atoms with Gasteiger partial charge in [-0.3, -0.25) is 0 Å². The van der Waals surface area contributed by atoms with Crippen LogP contribution in [0, 0.1) is 0 Å². The molecule has 1 aliphatic rings. The number of hydrogen-bond donors (Lipinski definition) is 2. The minimum atomic E-state index is -0.247. The third-order valence-corrected chi connectivity index (χ3v) is 4.26. The number of nitrogens with one attached hydrogen (secondary N) is 1. The summed E-state index contributed by atoms with van der Waals surface area (Å²) in [6, 6.07) is 0. The van der Waals surface area contributed by atoms with Gasteiger partial charge >= 0.3 is 67.6 Å². The fourth-order valence-electron chi connectivity index (χ4n) is 1.01. The number of rotatable bonds is 0. The van der Waals surface area contributed by atoms with Gasteiger partial charge in [0.1, 0.15) is 0 Å². The molecule has 0 unspecified atom stereocenters. The molecular weight excluding hydrogens is 195 g/mol. The van der Waals surface area contributed by atoms with Crippen LogP contribution in [0.15, 0.2) is 0 Å². The molecule has 0 radical (unpaired) electrons. The Labute approximate surface area is 68.1 Å². The molecule has 0 amide bonds. The first-order valence-corrected chi connectivity index (χ1v) is 5.02. The van der Waals surface area contributed by atoms with E-state index in [1.807, 2.05) is 27.7 Å². The zero-order valence-electron chi connectivity index (χ0n) is 6.80. The Kier molecular flexibility index (Phi) is 1.86. The first-order valence-electron chi connectivity index (χ1n) is 3.31. The van der Waals surface area contributed by atoms with Crippen molar-refractivity contribution < 1.29 is 5.21 Å². The molecule has 0 aromatic rings. The Hall–Kier alpha value is 0.399. The monoisotopic (exact) mass is 210 g/mol. The van der Waals surface area contributed by atoms with E-state index in [9.17, 15) is 5.21 Å². The van der Waals surface area contributed by atoms with Crippen LogP contribution in [0.25, 0.3) is 0 Å². The Morgan fingerprint density at radius 3 is 1.90 bits per heavy atom. The molecule has 1 rings (SSSR count). The molecule has 0 aliphatic carbocycles. The Morgan fingerprint density at radius 2 is 1.80 bits per heavy atom. The third kappa shape index (κ3) is 1.22. The summed E-state index contributed by atoms with van der Waals surface area (Å²) in [5.74, 6) is 0. The Morgan fingerprint density at radius 1 is 1.30 bits per heavy atom. The van der Waals surface area contributed by atoms with Gasteiger partial charge in [-0.2, -0.15) is 0 Å². The quantitative estimate of drug-likeness (QED) is 0.566. The second-order valence-electron chi connectivity index (χ2n) is 3.52. The summed E-state index contributed by atoms with van der Waals surface area (Å²) in [4.78, 5) is 0. The van der Waals surface area contributed by atoms with E-state index < -0.39 is 0 Å². The second kappa shape index (κ2) is 2.19. The van der Waals surface area contributed by atoms with E-state index in [0.29, 0.717) is 15.2 Å². The van der Waals surface area contributed by atoms with Crippen molar-refractivity contribution in [3.05, 3.63) is 0 Å². The molecule has 4 heteroatoms. The van der Waals surface area contributed by atoms with Gasteiger partial charge in [0.25, 0.3) is 0 Å². The predicted octanol–water partition coefficient (Wildman–Crippen LogP) is 0.372. The second-order valence-corrected chi connectivity index (χ2v) is 6.47. The molecule has 1 heterocycles. The van der Waals surface area contributed by atoms with E-state index in [-0.39, 0.29) is 10.1 Å². The van der Waals surface area contributed by atoms with Crippen molar-refractivity contribution in [1.29, 1.82) is 0 Å². The number of hydroxylamine groups is 2. The van der Waals surface area contributed by atoms with Gasteiger partial charge in [-0.1, -0.05) is 0 Å². The van der Waals surface area contributed by atoms with Crippen LogP contribution in [0.2, 0.25) is 0 Å². The summed E-state index contributed by atoms with van der Waals surface area (Å²) >= 11 is 0.297. The van der Waals surface area contributed by atoms with Crippen molar-refractivity contribution in [2.24, 2.45) is 0 Å². The predicted molar refractivity (Wildman–Crippen MR) is 40.7 cm³/mol. The zero-order valence-corrected chi connectivity index (χ0v) is 8.52. The van der Waals surface area contributed by atoms with Crippen LogP contribution in [-0.4, -0.2) is 35.5 Å². The summed E-state index contributed by atoms with van der Waals surface area (Å²) < 4.78 is 3.20. The molecule has 0 aromatic heterocycles. The summed E-state index contributed by atoms with van der Waals surface area (Å²) in [5.41, 5.74) is -0.247. The minimum absolute atomic E-state index is 0.0729. The average molecular weight is 209 g/mol. The van der Waals surface area contributed by atoms with E-state index in [1.54, 1.807) is 0 Å². The standard InChI is InChI=1S/C6H14N2OSe/c1-5(2)7-10-6(3,4)8(5)9/h7,9H,1-4H3. The van der Waals surface area contributed by atoms with Crippen molar-refractivity contribution >= 4 is 15.2 Å². The van der Waals surface area contributed by atoms with Crippen LogP contribution < -0.4 is 4.33 Å². The Balaban J connectivity index is 2.77. The molecule has 3 nitrogen and oxygen atoms in total. The van der Waals surface area contributed by atoms with Crippen LogP contribution in [0.3, 0.4) is 0 Å². The maximum absolute atomic E-state index is 9.57. The van der Waals surface area contributed by atoms with Gasteiger partial charge in [0.15, 0.2) is 0 Å². The van der Waals surface area contributed by atoms with Gasteiger partial charge in [-0.15, -0.1) is 0 Å². The topological polar surface area (TPSA) is 35.5 Å². The Bertz CT molecular complexity index is 131. The molecule has 0 aromatic carbocycles. The molecule has 1 fully saturated rings. The van der Waals surface area contributed by atoms with Gasteiger partial charge < -0.3 is 0 Å². The molecule has 2 N–H and O–H groups in total. The molecule has 10 heavy (non-hydrogen) atoms. The van der Waals surface area contributed by atoms with E-state index in [2.05, 4.69) is 4.33 Å². The third-order valence-electron chi connectivity index (χ3n) is 1.59. The molecule has 1 aliphatic heterocycles. The summed E-state index contributed by atoms with van der Waals surface area (Å²) in [7, 11) is 0. The van der Waals surface area contributed by atoms with Crippen molar-refractivity contribution in [3.63, 3.8) is 0 Å².